The summed E-state index contributed by atoms with van der Waals surface area (Å²) in [5.41, 5.74) is -0.0416. The van der Waals surface area contributed by atoms with E-state index in [1.54, 1.807) is 0 Å². The molecule has 19 heavy (non-hydrogen) atoms. The topological polar surface area (TPSA) is 37.3 Å². The Hall–Kier alpha value is -0.530. The van der Waals surface area contributed by atoms with Crippen LogP contribution in [0.25, 0.3) is 0 Å². The molecule has 6 atom stereocenters. The predicted molar refractivity (Wildman–Crippen MR) is 75.8 cm³/mol. The molecule has 0 aromatic carbocycles. The molecule has 6 unspecified atom stereocenters. The Labute approximate surface area is 117 Å². The van der Waals surface area contributed by atoms with Crippen molar-refractivity contribution in [1.29, 1.82) is 0 Å². The van der Waals surface area contributed by atoms with Crippen LogP contribution in [0.3, 0.4) is 0 Å². The van der Waals surface area contributed by atoms with Crippen molar-refractivity contribution in [1.82, 2.24) is 0 Å². The maximum absolute atomic E-state index is 11.6. The zero-order valence-electron chi connectivity index (χ0n) is 12.6. The van der Waals surface area contributed by atoms with Crippen molar-refractivity contribution in [2.24, 2.45) is 34.5 Å². The van der Waals surface area contributed by atoms with Crippen molar-refractivity contribution in [3.8, 4) is 0 Å². The van der Waals surface area contributed by atoms with Crippen molar-refractivity contribution >= 4 is 5.97 Å². The lowest BCUT2D eigenvalue weighted by molar-refractivity contribution is -0.157. The molecule has 3 fully saturated rings. The number of carboxylic acids is 1. The lowest BCUT2D eigenvalue weighted by atomic mass is 9.47. The minimum Gasteiger partial charge on any atom is -0.481 e. The molecule has 0 saturated heterocycles. The van der Waals surface area contributed by atoms with Gasteiger partial charge in [0, 0.05) is 0 Å². The van der Waals surface area contributed by atoms with E-state index in [0.29, 0.717) is 11.3 Å². The Morgan fingerprint density at radius 3 is 2.58 bits per heavy atom. The smallest absolute Gasteiger partial charge is 0.309 e. The zero-order chi connectivity index (χ0) is 13.8. The Balaban J connectivity index is 1.87. The molecule has 0 spiro atoms. The maximum atomic E-state index is 11.6. The molecule has 108 valence electrons. The Bertz CT molecular complexity index is 387. The lowest BCUT2D eigenvalue weighted by Crippen LogP contribution is -2.50. The Kier molecular flexibility index (Phi) is 3.00. The van der Waals surface area contributed by atoms with Crippen LogP contribution in [0.1, 0.15) is 65.7 Å². The number of hydrogen-bond donors (Lipinski definition) is 1. The van der Waals surface area contributed by atoms with E-state index in [2.05, 4.69) is 13.8 Å². The monoisotopic (exact) mass is 264 g/mol. The van der Waals surface area contributed by atoms with Gasteiger partial charge in [-0.1, -0.05) is 13.8 Å². The van der Waals surface area contributed by atoms with Gasteiger partial charge in [0.1, 0.15) is 0 Å². The summed E-state index contributed by atoms with van der Waals surface area (Å²) in [5.74, 6) is 2.65. The van der Waals surface area contributed by atoms with Crippen LogP contribution >= 0.6 is 0 Å². The molecular formula is C17H28O2. The average Bonchev–Trinajstić information content (AvgIpc) is 2.29. The second-order valence-electron chi connectivity index (χ2n) is 8.48. The number of hydrogen-bond acceptors (Lipinski definition) is 1. The molecule has 0 aromatic heterocycles. The first-order chi connectivity index (χ1) is 8.82. The summed E-state index contributed by atoms with van der Waals surface area (Å²) in [4.78, 5) is 11.6. The van der Waals surface area contributed by atoms with Gasteiger partial charge >= 0.3 is 5.97 Å². The van der Waals surface area contributed by atoms with Gasteiger partial charge in [-0.15, -0.1) is 0 Å². The van der Waals surface area contributed by atoms with E-state index in [9.17, 15) is 9.90 Å². The van der Waals surface area contributed by atoms with Crippen LogP contribution < -0.4 is 0 Å². The van der Waals surface area contributed by atoms with Crippen molar-refractivity contribution in [3.63, 3.8) is 0 Å². The summed E-state index contributed by atoms with van der Waals surface area (Å²) < 4.78 is 0. The first kappa shape index (κ1) is 13.5. The van der Waals surface area contributed by atoms with E-state index < -0.39 is 11.4 Å². The molecule has 2 bridgehead atoms. The van der Waals surface area contributed by atoms with Gasteiger partial charge in [-0.25, -0.2) is 0 Å². The van der Waals surface area contributed by atoms with E-state index in [1.165, 1.54) is 25.7 Å². The highest BCUT2D eigenvalue weighted by Gasteiger charge is 2.54. The fourth-order valence-electron chi connectivity index (χ4n) is 5.94. The molecule has 2 nitrogen and oxygen atoms in total. The van der Waals surface area contributed by atoms with Crippen LogP contribution in [0.5, 0.6) is 0 Å². The van der Waals surface area contributed by atoms with E-state index >= 15 is 0 Å². The quantitative estimate of drug-likeness (QED) is 0.765. The molecule has 3 aliphatic carbocycles. The van der Waals surface area contributed by atoms with E-state index in [1.807, 2.05) is 6.92 Å². The molecule has 3 saturated carbocycles. The second kappa shape index (κ2) is 4.23. The predicted octanol–water partition coefficient (Wildman–Crippen LogP) is 4.34. The van der Waals surface area contributed by atoms with Gasteiger partial charge in [-0.05, 0) is 81.0 Å². The standard InChI is InChI=1S/C17H28O2/c1-11-6-12-7-13-4-5-16(2,15(18)19)10-14(13)17(3,8-11)9-12/h11-14H,4-10H2,1-3H3,(H,18,19). The molecular weight excluding hydrogens is 236 g/mol. The number of aliphatic carboxylic acids is 1. The maximum Gasteiger partial charge on any atom is 0.309 e. The van der Waals surface area contributed by atoms with Gasteiger partial charge in [0.2, 0.25) is 0 Å². The summed E-state index contributed by atoms with van der Waals surface area (Å²) in [6.07, 6.45) is 8.42. The third kappa shape index (κ3) is 2.11. The second-order valence-corrected chi connectivity index (χ2v) is 8.48. The molecule has 1 N–H and O–H groups in total. The highest BCUT2D eigenvalue weighted by atomic mass is 16.4. The van der Waals surface area contributed by atoms with Crippen molar-refractivity contribution in [2.75, 3.05) is 0 Å². The molecule has 0 aromatic rings. The summed E-state index contributed by atoms with van der Waals surface area (Å²) in [6.45, 7) is 6.83. The molecule has 0 heterocycles. The first-order valence-corrected chi connectivity index (χ1v) is 8.06. The van der Waals surface area contributed by atoms with Gasteiger partial charge in [0.05, 0.1) is 5.41 Å². The van der Waals surface area contributed by atoms with Crippen LogP contribution in [0, 0.1) is 34.5 Å². The Morgan fingerprint density at radius 2 is 1.89 bits per heavy atom. The van der Waals surface area contributed by atoms with Crippen LogP contribution in [-0.4, -0.2) is 11.1 Å². The van der Waals surface area contributed by atoms with Crippen LogP contribution in [0.15, 0.2) is 0 Å². The van der Waals surface area contributed by atoms with Crippen molar-refractivity contribution in [3.05, 3.63) is 0 Å². The Morgan fingerprint density at radius 1 is 1.16 bits per heavy atom. The normalized spacial score (nSPS) is 53.4. The molecule has 0 amide bonds. The number of fused-ring (bicyclic) bond motifs is 4. The summed E-state index contributed by atoms with van der Waals surface area (Å²) in [5, 5.41) is 9.55. The molecule has 3 aliphatic rings. The summed E-state index contributed by atoms with van der Waals surface area (Å²) >= 11 is 0. The van der Waals surface area contributed by atoms with Gasteiger partial charge < -0.3 is 5.11 Å². The number of carbonyl (C=O) groups is 1. The molecule has 2 heteroatoms. The number of rotatable bonds is 1. The lowest BCUT2D eigenvalue weighted by Gasteiger charge is -2.58. The van der Waals surface area contributed by atoms with Crippen LogP contribution in [0.2, 0.25) is 0 Å². The summed E-state index contributed by atoms with van der Waals surface area (Å²) in [6, 6.07) is 0. The SMILES string of the molecule is CC1CC2CC3CCC(C)(C(=O)O)CC3C(C)(C1)C2. The zero-order valence-corrected chi connectivity index (χ0v) is 12.6. The van der Waals surface area contributed by atoms with Crippen molar-refractivity contribution in [2.45, 2.75) is 65.7 Å². The third-order valence-corrected chi connectivity index (χ3v) is 6.66. The average molecular weight is 264 g/mol. The largest absolute Gasteiger partial charge is 0.481 e. The fraction of sp³-hybridized carbons (Fsp3) is 0.941. The van der Waals surface area contributed by atoms with E-state index in [4.69, 9.17) is 0 Å². The van der Waals surface area contributed by atoms with E-state index in [-0.39, 0.29) is 0 Å². The number of carboxylic acid groups (broad SMARTS) is 1. The highest BCUT2D eigenvalue weighted by molar-refractivity contribution is 5.74. The first-order valence-electron chi connectivity index (χ1n) is 8.06. The third-order valence-electron chi connectivity index (χ3n) is 6.66. The minimum atomic E-state index is -0.569. The molecule has 0 aliphatic heterocycles. The van der Waals surface area contributed by atoms with Gasteiger partial charge in [0.15, 0.2) is 0 Å². The van der Waals surface area contributed by atoms with Gasteiger partial charge in [-0.3, -0.25) is 4.79 Å². The van der Waals surface area contributed by atoms with Gasteiger partial charge in [-0.2, -0.15) is 0 Å². The summed E-state index contributed by atoms with van der Waals surface area (Å²) in [7, 11) is 0. The minimum absolute atomic E-state index is 0.419. The van der Waals surface area contributed by atoms with Crippen molar-refractivity contribution < 1.29 is 9.90 Å². The van der Waals surface area contributed by atoms with E-state index in [0.717, 1.165) is 37.0 Å². The fourth-order valence-corrected chi connectivity index (χ4v) is 5.94. The molecule has 3 rings (SSSR count). The van der Waals surface area contributed by atoms with Crippen LogP contribution in [0.4, 0.5) is 0 Å². The van der Waals surface area contributed by atoms with Gasteiger partial charge in [0.25, 0.3) is 0 Å². The molecule has 0 radical (unpaired) electrons. The van der Waals surface area contributed by atoms with Crippen LogP contribution in [-0.2, 0) is 4.79 Å². The highest BCUT2D eigenvalue weighted by Crippen LogP contribution is 2.61.